The smallest absolute Gasteiger partial charge is 0.262 e. The van der Waals surface area contributed by atoms with Crippen molar-refractivity contribution in [1.82, 2.24) is 19.7 Å². The lowest BCUT2D eigenvalue weighted by Gasteiger charge is -2.14. The second-order valence-corrected chi connectivity index (χ2v) is 7.17. The number of hydrogen-bond acceptors (Lipinski definition) is 7. The zero-order chi connectivity index (χ0) is 18.5. The molecule has 1 unspecified atom stereocenters. The molecule has 2 aromatic heterocycles. The summed E-state index contributed by atoms with van der Waals surface area (Å²) < 4.78 is 12.4. The number of benzene rings is 1. The van der Waals surface area contributed by atoms with E-state index < -0.39 is 0 Å². The molecule has 8 heteroatoms. The lowest BCUT2D eigenvalue weighted by Crippen LogP contribution is -2.24. The number of aryl methyl sites for hydroxylation is 1. The van der Waals surface area contributed by atoms with Crippen LogP contribution < -0.4 is 5.56 Å². The Hall–Kier alpha value is -2.19. The number of fused-ring (bicyclic) bond motifs is 1. The van der Waals surface area contributed by atoms with Gasteiger partial charge < -0.3 is 9.26 Å². The van der Waals surface area contributed by atoms with Crippen LogP contribution in [0.5, 0.6) is 0 Å². The number of rotatable bonds is 8. The first-order chi connectivity index (χ1) is 12.6. The molecule has 0 saturated heterocycles. The fourth-order valence-electron chi connectivity index (χ4n) is 2.59. The van der Waals surface area contributed by atoms with E-state index in [-0.39, 0.29) is 10.8 Å². The summed E-state index contributed by atoms with van der Waals surface area (Å²) in [4.78, 5) is 21.9. The number of para-hydroxylation sites is 1. The molecule has 0 radical (unpaired) electrons. The maximum Gasteiger partial charge on any atom is 0.262 e. The summed E-state index contributed by atoms with van der Waals surface area (Å²) in [6, 6.07) is 7.40. The van der Waals surface area contributed by atoms with E-state index in [9.17, 15) is 4.79 Å². The van der Waals surface area contributed by atoms with E-state index in [1.54, 1.807) is 11.5 Å². The summed E-state index contributed by atoms with van der Waals surface area (Å²) in [6.45, 7) is 7.53. The van der Waals surface area contributed by atoms with Gasteiger partial charge in [-0.3, -0.25) is 9.36 Å². The topological polar surface area (TPSA) is 83.0 Å². The Morgan fingerprint density at radius 2 is 2.12 bits per heavy atom. The Kier molecular flexibility index (Phi) is 6.05. The molecule has 0 N–H and O–H groups in total. The van der Waals surface area contributed by atoms with Crippen molar-refractivity contribution in [2.75, 3.05) is 13.2 Å². The molecule has 1 aromatic carbocycles. The molecule has 0 spiro atoms. The standard InChI is InChI=1S/C18H22N4O3S/c1-4-24-11-7-10-22-17(23)14-8-5-6-9-15(14)20-18(22)26-12(2)16-19-13(3)21-25-16/h5-6,8-9,12H,4,7,10-11H2,1-3H3. The van der Waals surface area contributed by atoms with Crippen LogP contribution in [0.15, 0.2) is 38.7 Å². The van der Waals surface area contributed by atoms with Crippen LogP contribution in [0.1, 0.15) is 37.2 Å². The van der Waals surface area contributed by atoms with E-state index in [2.05, 4.69) is 10.1 Å². The highest BCUT2D eigenvalue weighted by Crippen LogP contribution is 2.33. The van der Waals surface area contributed by atoms with E-state index >= 15 is 0 Å². The van der Waals surface area contributed by atoms with Gasteiger partial charge in [0.25, 0.3) is 5.56 Å². The van der Waals surface area contributed by atoms with Gasteiger partial charge in [-0.2, -0.15) is 4.98 Å². The van der Waals surface area contributed by atoms with Crippen molar-refractivity contribution in [3.63, 3.8) is 0 Å². The molecule has 26 heavy (non-hydrogen) atoms. The highest BCUT2D eigenvalue weighted by atomic mass is 32.2. The average molecular weight is 374 g/mol. The zero-order valence-corrected chi connectivity index (χ0v) is 16.0. The Bertz CT molecular complexity index is 938. The van der Waals surface area contributed by atoms with Crippen LogP contribution in [-0.4, -0.2) is 32.9 Å². The number of ether oxygens (including phenoxy) is 1. The van der Waals surface area contributed by atoms with Crippen LogP contribution in [0, 0.1) is 6.92 Å². The maximum absolute atomic E-state index is 13.0. The maximum atomic E-state index is 13.0. The van der Waals surface area contributed by atoms with Gasteiger partial charge >= 0.3 is 0 Å². The van der Waals surface area contributed by atoms with E-state index in [4.69, 9.17) is 14.2 Å². The molecule has 138 valence electrons. The monoisotopic (exact) mass is 374 g/mol. The Balaban J connectivity index is 1.94. The van der Waals surface area contributed by atoms with Gasteiger partial charge in [0.1, 0.15) is 0 Å². The molecule has 3 aromatic rings. The minimum Gasteiger partial charge on any atom is -0.382 e. The minimum absolute atomic E-state index is 0.0384. The summed E-state index contributed by atoms with van der Waals surface area (Å²) in [7, 11) is 0. The van der Waals surface area contributed by atoms with Gasteiger partial charge in [0, 0.05) is 19.8 Å². The van der Waals surface area contributed by atoms with Crippen LogP contribution in [0.3, 0.4) is 0 Å². The number of hydrogen-bond donors (Lipinski definition) is 0. The number of thioether (sulfide) groups is 1. The molecule has 0 aliphatic carbocycles. The molecular weight excluding hydrogens is 352 g/mol. The van der Waals surface area contributed by atoms with Crippen LogP contribution in [-0.2, 0) is 11.3 Å². The second-order valence-electron chi connectivity index (χ2n) is 5.86. The molecule has 2 heterocycles. The Labute approximate surface area is 155 Å². The SMILES string of the molecule is CCOCCCn1c(SC(C)c2nc(C)no2)nc2ccccc2c1=O. The fourth-order valence-corrected chi connectivity index (χ4v) is 3.56. The van der Waals surface area contributed by atoms with Gasteiger partial charge in [-0.05, 0) is 39.3 Å². The Morgan fingerprint density at radius 3 is 2.85 bits per heavy atom. The first-order valence-corrected chi connectivity index (χ1v) is 9.52. The van der Waals surface area contributed by atoms with Crippen molar-refractivity contribution < 1.29 is 9.26 Å². The summed E-state index contributed by atoms with van der Waals surface area (Å²) >= 11 is 1.44. The summed E-state index contributed by atoms with van der Waals surface area (Å²) in [6.07, 6.45) is 0.745. The number of aromatic nitrogens is 4. The lowest BCUT2D eigenvalue weighted by molar-refractivity contribution is 0.140. The van der Waals surface area contributed by atoms with E-state index in [0.717, 1.165) is 6.42 Å². The largest absolute Gasteiger partial charge is 0.382 e. The molecule has 0 aliphatic heterocycles. The first-order valence-electron chi connectivity index (χ1n) is 8.64. The third-order valence-corrected chi connectivity index (χ3v) is 4.95. The van der Waals surface area contributed by atoms with Crippen molar-refractivity contribution in [1.29, 1.82) is 0 Å². The van der Waals surface area contributed by atoms with Crippen molar-refractivity contribution in [3.8, 4) is 0 Å². The summed E-state index contributed by atoms with van der Waals surface area (Å²) in [5.41, 5.74) is 0.651. The van der Waals surface area contributed by atoms with Gasteiger partial charge in [-0.15, -0.1) is 0 Å². The van der Waals surface area contributed by atoms with Crippen molar-refractivity contribution in [3.05, 3.63) is 46.3 Å². The van der Waals surface area contributed by atoms with Crippen molar-refractivity contribution in [2.45, 2.75) is 44.1 Å². The van der Waals surface area contributed by atoms with Gasteiger partial charge in [-0.25, -0.2) is 4.98 Å². The quantitative estimate of drug-likeness (QED) is 0.339. The molecular formula is C18H22N4O3S. The predicted octanol–water partition coefficient (Wildman–Crippen LogP) is 3.37. The Morgan fingerprint density at radius 1 is 1.31 bits per heavy atom. The van der Waals surface area contributed by atoms with Crippen LogP contribution in [0.25, 0.3) is 10.9 Å². The highest BCUT2D eigenvalue weighted by Gasteiger charge is 2.19. The molecule has 0 aliphatic rings. The van der Waals surface area contributed by atoms with Crippen LogP contribution >= 0.6 is 11.8 Å². The first kappa shape index (κ1) is 18.6. The van der Waals surface area contributed by atoms with Gasteiger partial charge in [-0.1, -0.05) is 29.1 Å². The van der Waals surface area contributed by atoms with E-state index in [1.807, 2.05) is 38.1 Å². The molecule has 1 atom stereocenters. The van der Waals surface area contributed by atoms with E-state index in [0.29, 0.717) is 47.5 Å². The van der Waals surface area contributed by atoms with Crippen LogP contribution in [0.2, 0.25) is 0 Å². The fraction of sp³-hybridized carbons (Fsp3) is 0.444. The highest BCUT2D eigenvalue weighted by molar-refractivity contribution is 7.99. The van der Waals surface area contributed by atoms with Gasteiger partial charge in [0.05, 0.1) is 16.2 Å². The zero-order valence-electron chi connectivity index (χ0n) is 15.1. The third-order valence-electron chi connectivity index (χ3n) is 3.87. The molecule has 7 nitrogen and oxygen atoms in total. The van der Waals surface area contributed by atoms with Crippen molar-refractivity contribution in [2.24, 2.45) is 0 Å². The van der Waals surface area contributed by atoms with Crippen molar-refractivity contribution >= 4 is 22.7 Å². The normalized spacial score (nSPS) is 12.6. The molecule has 3 rings (SSSR count). The average Bonchev–Trinajstić information content (AvgIpc) is 3.07. The van der Waals surface area contributed by atoms with Crippen LogP contribution in [0.4, 0.5) is 0 Å². The number of nitrogens with zero attached hydrogens (tertiary/aromatic N) is 4. The molecule has 0 saturated carbocycles. The molecule has 0 fully saturated rings. The van der Waals surface area contributed by atoms with Gasteiger partial charge in [0.2, 0.25) is 5.89 Å². The third kappa shape index (κ3) is 4.13. The summed E-state index contributed by atoms with van der Waals surface area (Å²) in [5.74, 6) is 1.11. The van der Waals surface area contributed by atoms with Gasteiger partial charge in [0.15, 0.2) is 11.0 Å². The lowest BCUT2D eigenvalue weighted by atomic mass is 10.2. The van der Waals surface area contributed by atoms with E-state index in [1.165, 1.54) is 11.8 Å². The predicted molar refractivity (Wildman–Crippen MR) is 100 cm³/mol. The minimum atomic E-state index is -0.109. The molecule has 0 amide bonds. The summed E-state index contributed by atoms with van der Waals surface area (Å²) in [5, 5.41) is 4.99. The second kappa shape index (κ2) is 8.46. The molecule has 0 bridgehead atoms.